The summed E-state index contributed by atoms with van der Waals surface area (Å²) in [5, 5.41) is 0. The molecule has 1 amide bonds. The summed E-state index contributed by atoms with van der Waals surface area (Å²) in [6.45, 7) is 6.96. The van der Waals surface area contributed by atoms with Crippen LogP contribution in [-0.4, -0.2) is 33.4 Å². The molecule has 2 atom stereocenters. The average Bonchev–Trinajstić information content (AvgIpc) is 3.19. The number of carbonyl (C=O) groups excluding carboxylic acids is 1. The van der Waals surface area contributed by atoms with Crippen molar-refractivity contribution in [2.75, 3.05) is 6.54 Å². The highest BCUT2D eigenvalue weighted by molar-refractivity contribution is 5.97. The van der Waals surface area contributed by atoms with Crippen molar-refractivity contribution in [2.45, 2.75) is 52.0 Å². The number of amides is 1. The maximum Gasteiger partial charge on any atom is 0.254 e. The van der Waals surface area contributed by atoms with E-state index in [-0.39, 0.29) is 11.9 Å². The fourth-order valence-electron chi connectivity index (χ4n) is 4.42. The van der Waals surface area contributed by atoms with Gasteiger partial charge in [0, 0.05) is 24.1 Å². The van der Waals surface area contributed by atoms with Crippen molar-refractivity contribution in [3.8, 4) is 0 Å². The third-order valence-corrected chi connectivity index (χ3v) is 6.01. The quantitative estimate of drug-likeness (QED) is 0.643. The van der Waals surface area contributed by atoms with Crippen molar-refractivity contribution in [3.05, 3.63) is 71.0 Å². The second kappa shape index (κ2) is 7.70. The Morgan fingerprint density at radius 3 is 2.50 bits per heavy atom. The Hall–Kier alpha value is -2.75. The van der Waals surface area contributed by atoms with Gasteiger partial charge in [0.1, 0.15) is 0 Å². The summed E-state index contributed by atoms with van der Waals surface area (Å²) in [6, 6.07) is 16.6. The van der Waals surface area contributed by atoms with E-state index in [1.807, 2.05) is 38.1 Å². The molecule has 0 radical (unpaired) electrons. The fourth-order valence-corrected chi connectivity index (χ4v) is 4.42. The minimum atomic E-state index is 0.110. The Kier molecular flexibility index (Phi) is 5.12. The highest BCUT2D eigenvalue weighted by Gasteiger charge is 2.35. The van der Waals surface area contributed by atoms with Crippen LogP contribution in [0.25, 0.3) is 11.0 Å². The van der Waals surface area contributed by atoms with Crippen molar-refractivity contribution in [2.24, 2.45) is 0 Å². The molecular formula is C24H27N3O. The number of benzene rings is 2. The van der Waals surface area contributed by atoms with Crippen LogP contribution >= 0.6 is 0 Å². The smallest absolute Gasteiger partial charge is 0.254 e. The van der Waals surface area contributed by atoms with Crippen molar-refractivity contribution in [1.29, 1.82) is 0 Å². The lowest BCUT2D eigenvalue weighted by Gasteiger charge is -2.32. The van der Waals surface area contributed by atoms with Crippen LogP contribution < -0.4 is 0 Å². The highest BCUT2D eigenvalue weighted by Crippen LogP contribution is 2.34. The molecule has 2 heterocycles. The standard InChI is InChI=1S/C24H27N3O/c1-4-20(18-9-6-5-7-10-18)23-11-8-14-27(23)24(28)19-12-13-21-22(15-19)26-17(3)16(2)25-21/h5-7,9-10,12-13,15,20,23H,4,8,11,14H2,1-3H3/t20-,23+/m1/s1. The molecule has 0 N–H and O–H groups in total. The number of aromatic nitrogens is 2. The van der Waals surface area contributed by atoms with Crippen LogP contribution in [-0.2, 0) is 0 Å². The molecule has 4 heteroatoms. The first kappa shape index (κ1) is 18.6. The van der Waals surface area contributed by atoms with Crippen LogP contribution in [0.4, 0.5) is 0 Å². The molecule has 1 saturated heterocycles. The van der Waals surface area contributed by atoms with Crippen LogP contribution in [0.3, 0.4) is 0 Å². The summed E-state index contributed by atoms with van der Waals surface area (Å²) in [5.74, 6) is 0.483. The lowest BCUT2D eigenvalue weighted by atomic mass is 9.87. The summed E-state index contributed by atoms with van der Waals surface area (Å²) in [4.78, 5) is 24.7. The van der Waals surface area contributed by atoms with Crippen LogP contribution in [0.5, 0.6) is 0 Å². The molecule has 1 aliphatic rings. The van der Waals surface area contributed by atoms with E-state index in [0.717, 1.165) is 48.2 Å². The fraction of sp³-hybridized carbons (Fsp3) is 0.375. The topological polar surface area (TPSA) is 46.1 Å². The summed E-state index contributed by atoms with van der Waals surface area (Å²) in [6.07, 6.45) is 3.15. The van der Waals surface area contributed by atoms with Gasteiger partial charge in [-0.25, -0.2) is 9.97 Å². The largest absolute Gasteiger partial charge is 0.335 e. The lowest BCUT2D eigenvalue weighted by molar-refractivity contribution is 0.0714. The Morgan fingerprint density at radius 2 is 1.79 bits per heavy atom. The maximum absolute atomic E-state index is 13.4. The van der Waals surface area contributed by atoms with Crippen molar-refractivity contribution in [1.82, 2.24) is 14.9 Å². The Morgan fingerprint density at radius 1 is 1.07 bits per heavy atom. The molecular weight excluding hydrogens is 346 g/mol. The molecule has 1 fully saturated rings. The first-order valence-corrected chi connectivity index (χ1v) is 10.2. The normalized spacial score (nSPS) is 17.8. The second-order valence-electron chi connectivity index (χ2n) is 7.73. The van der Waals surface area contributed by atoms with E-state index in [0.29, 0.717) is 11.5 Å². The number of likely N-dealkylation sites (tertiary alicyclic amines) is 1. The zero-order chi connectivity index (χ0) is 19.7. The van der Waals surface area contributed by atoms with Crippen LogP contribution in [0.15, 0.2) is 48.5 Å². The number of fused-ring (bicyclic) bond motifs is 1. The molecule has 4 rings (SSSR count). The van der Waals surface area contributed by atoms with Crippen LogP contribution in [0.1, 0.15) is 59.4 Å². The lowest BCUT2D eigenvalue weighted by Crippen LogP contribution is -2.39. The Bertz CT molecular complexity index is 999. The SMILES string of the molecule is CC[C@H](c1ccccc1)[C@@H]1CCCN1C(=O)c1ccc2nc(C)c(C)nc2c1. The van der Waals surface area contributed by atoms with Gasteiger partial charge in [-0.1, -0.05) is 37.3 Å². The Balaban J connectivity index is 1.65. The van der Waals surface area contributed by atoms with Gasteiger partial charge in [0.15, 0.2) is 0 Å². The van der Waals surface area contributed by atoms with Crippen molar-refractivity contribution >= 4 is 16.9 Å². The van der Waals surface area contributed by atoms with E-state index in [1.54, 1.807) is 0 Å². The molecule has 28 heavy (non-hydrogen) atoms. The van der Waals surface area contributed by atoms with Crippen LogP contribution in [0.2, 0.25) is 0 Å². The molecule has 1 aromatic heterocycles. The van der Waals surface area contributed by atoms with Crippen molar-refractivity contribution in [3.63, 3.8) is 0 Å². The van der Waals surface area contributed by atoms with E-state index in [9.17, 15) is 4.79 Å². The zero-order valence-electron chi connectivity index (χ0n) is 16.9. The average molecular weight is 374 g/mol. The zero-order valence-corrected chi connectivity index (χ0v) is 16.9. The van der Waals surface area contributed by atoms with Crippen LogP contribution in [0, 0.1) is 13.8 Å². The maximum atomic E-state index is 13.4. The van der Waals surface area contributed by atoms with E-state index in [4.69, 9.17) is 0 Å². The summed E-state index contributed by atoms with van der Waals surface area (Å²) < 4.78 is 0. The minimum absolute atomic E-state index is 0.110. The molecule has 0 spiro atoms. The van der Waals surface area contributed by atoms with Gasteiger partial charge in [-0.3, -0.25) is 4.79 Å². The number of carbonyl (C=O) groups is 1. The molecule has 0 bridgehead atoms. The predicted octanol–water partition coefficient (Wildman–Crippen LogP) is 5.05. The predicted molar refractivity (Wildman–Crippen MR) is 113 cm³/mol. The molecule has 0 unspecified atom stereocenters. The number of rotatable bonds is 4. The molecule has 3 aromatic rings. The molecule has 0 aliphatic carbocycles. The second-order valence-corrected chi connectivity index (χ2v) is 7.73. The molecule has 4 nitrogen and oxygen atoms in total. The van der Waals surface area contributed by atoms with Gasteiger partial charge in [-0.2, -0.15) is 0 Å². The summed E-state index contributed by atoms with van der Waals surface area (Å²) in [5.41, 5.74) is 5.50. The number of aryl methyl sites for hydroxylation is 2. The summed E-state index contributed by atoms with van der Waals surface area (Å²) in [7, 11) is 0. The molecule has 144 valence electrons. The van der Waals surface area contributed by atoms with E-state index in [2.05, 4.69) is 46.1 Å². The van der Waals surface area contributed by atoms with E-state index in [1.165, 1.54) is 5.56 Å². The van der Waals surface area contributed by atoms with Gasteiger partial charge in [0.25, 0.3) is 5.91 Å². The molecule has 2 aromatic carbocycles. The monoisotopic (exact) mass is 373 g/mol. The van der Waals surface area contributed by atoms with Gasteiger partial charge >= 0.3 is 0 Å². The van der Waals surface area contributed by atoms with Gasteiger partial charge < -0.3 is 4.90 Å². The number of hydrogen-bond acceptors (Lipinski definition) is 3. The molecule has 1 aliphatic heterocycles. The first-order chi connectivity index (χ1) is 13.6. The first-order valence-electron chi connectivity index (χ1n) is 10.2. The Labute approximate surface area is 166 Å². The third kappa shape index (κ3) is 3.39. The van der Waals surface area contributed by atoms with Crippen molar-refractivity contribution < 1.29 is 4.79 Å². The number of nitrogens with zero attached hydrogens (tertiary/aromatic N) is 3. The molecule has 0 saturated carbocycles. The number of hydrogen-bond donors (Lipinski definition) is 0. The van der Waals surface area contributed by atoms with Gasteiger partial charge in [-0.15, -0.1) is 0 Å². The summed E-state index contributed by atoms with van der Waals surface area (Å²) >= 11 is 0. The highest BCUT2D eigenvalue weighted by atomic mass is 16.2. The van der Waals surface area contributed by atoms with E-state index < -0.39 is 0 Å². The minimum Gasteiger partial charge on any atom is -0.335 e. The van der Waals surface area contributed by atoms with E-state index >= 15 is 0 Å². The van der Waals surface area contributed by atoms with Gasteiger partial charge in [0.05, 0.1) is 22.4 Å². The third-order valence-electron chi connectivity index (χ3n) is 6.01. The van der Waals surface area contributed by atoms with Gasteiger partial charge in [0.2, 0.25) is 0 Å². The van der Waals surface area contributed by atoms with Gasteiger partial charge in [-0.05, 0) is 56.9 Å².